The van der Waals surface area contributed by atoms with E-state index in [0.717, 1.165) is 0 Å². The van der Waals surface area contributed by atoms with Gasteiger partial charge in [-0.05, 0) is 13.8 Å². The number of hydrogen-bond donors (Lipinski definition) is 1. The Kier molecular flexibility index (Phi) is 5.30. The van der Waals surface area contributed by atoms with Gasteiger partial charge < -0.3 is 9.84 Å². The highest BCUT2D eigenvalue weighted by atomic mass is 19.3. The normalized spacial score (nSPS) is 14.5. The third-order valence-electron chi connectivity index (χ3n) is 2.86. The molecule has 0 amide bonds. The summed E-state index contributed by atoms with van der Waals surface area (Å²) in [6.07, 6.45) is -1.95. The quantitative estimate of drug-likeness (QED) is 0.385. The van der Waals surface area contributed by atoms with Gasteiger partial charge in [-0.2, -0.15) is 0 Å². The molecule has 0 heterocycles. The smallest absolute Gasteiger partial charge is 0.338 e. The third-order valence-corrected chi connectivity index (χ3v) is 2.86. The number of rotatable bonds is 5. The molecule has 3 nitrogen and oxygen atoms in total. The molecule has 1 atom stereocenters. The Morgan fingerprint density at radius 1 is 1.00 bits per heavy atom. The van der Waals surface area contributed by atoms with Gasteiger partial charge in [0.25, 0.3) is 5.92 Å². The maximum Gasteiger partial charge on any atom is 0.338 e. The van der Waals surface area contributed by atoms with Gasteiger partial charge in [0.1, 0.15) is 0 Å². The molecule has 0 spiro atoms. The van der Waals surface area contributed by atoms with E-state index in [1.807, 2.05) is 0 Å². The lowest BCUT2D eigenvalue weighted by Crippen LogP contribution is -2.42. The molecule has 1 N–H and O–H groups in total. The SMILES string of the molecule is CCOC(=O)C(C)(O)CC(F)(F)c1c(F)c(F)c(F)c(F)c1F. The number of hydrogen-bond acceptors (Lipinski definition) is 3. The fourth-order valence-corrected chi connectivity index (χ4v) is 1.81. The second-order valence-corrected chi connectivity index (χ2v) is 4.82. The lowest BCUT2D eigenvalue weighted by Gasteiger charge is -2.27. The van der Waals surface area contributed by atoms with Gasteiger partial charge in [0.05, 0.1) is 18.6 Å². The molecule has 0 fully saturated rings. The highest BCUT2D eigenvalue weighted by Gasteiger charge is 2.49. The van der Waals surface area contributed by atoms with E-state index in [2.05, 4.69) is 4.74 Å². The van der Waals surface area contributed by atoms with E-state index in [1.165, 1.54) is 6.92 Å². The summed E-state index contributed by atoms with van der Waals surface area (Å²) >= 11 is 0. The molecule has 0 saturated heterocycles. The van der Waals surface area contributed by atoms with Crippen LogP contribution in [0.25, 0.3) is 0 Å². The molecule has 0 aliphatic rings. The van der Waals surface area contributed by atoms with Gasteiger partial charge >= 0.3 is 5.97 Å². The first-order valence-corrected chi connectivity index (χ1v) is 6.16. The maximum atomic E-state index is 14.0. The van der Waals surface area contributed by atoms with E-state index in [0.29, 0.717) is 6.92 Å². The van der Waals surface area contributed by atoms with Crippen molar-refractivity contribution >= 4 is 5.97 Å². The molecule has 23 heavy (non-hydrogen) atoms. The largest absolute Gasteiger partial charge is 0.464 e. The van der Waals surface area contributed by atoms with E-state index in [-0.39, 0.29) is 6.61 Å². The van der Waals surface area contributed by atoms with Gasteiger partial charge in [-0.15, -0.1) is 0 Å². The summed E-state index contributed by atoms with van der Waals surface area (Å²) in [5.41, 5.74) is -5.35. The first-order chi connectivity index (χ1) is 10.4. The summed E-state index contributed by atoms with van der Waals surface area (Å²) < 4.78 is 97.9. The van der Waals surface area contributed by atoms with Crippen LogP contribution in [-0.2, 0) is 15.5 Å². The highest BCUT2D eigenvalue weighted by Crippen LogP contribution is 2.41. The molecule has 1 rings (SSSR count). The number of carbonyl (C=O) groups excluding carboxylic acids is 1. The van der Waals surface area contributed by atoms with Crippen molar-refractivity contribution in [2.24, 2.45) is 0 Å². The van der Waals surface area contributed by atoms with Gasteiger partial charge in [-0.1, -0.05) is 0 Å². The van der Waals surface area contributed by atoms with Gasteiger partial charge in [-0.3, -0.25) is 0 Å². The average molecular weight is 348 g/mol. The minimum Gasteiger partial charge on any atom is -0.464 e. The molecule has 0 radical (unpaired) electrons. The van der Waals surface area contributed by atoms with Crippen LogP contribution < -0.4 is 0 Å². The topological polar surface area (TPSA) is 46.5 Å². The first kappa shape index (κ1) is 19.2. The summed E-state index contributed by atoms with van der Waals surface area (Å²) in [6.45, 7) is 1.57. The van der Waals surface area contributed by atoms with E-state index < -0.39 is 58.6 Å². The molecule has 1 unspecified atom stereocenters. The van der Waals surface area contributed by atoms with E-state index >= 15 is 0 Å². The van der Waals surface area contributed by atoms with Gasteiger partial charge in [-0.25, -0.2) is 35.5 Å². The Hall–Kier alpha value is -1.84. The molecular formula is C13H11F7O3. The Labute approximate surface area is 125 Å². The van der Waals surface area contributed by atoms with Crippen molar-refractivity contribution in [1.82, 2.24) is 0 Å². The summed E-state index contributed by atoms with van der Waals surface area (Å²) in [4.78, 5) is 11.3. The molecule has 0 aliphatic carbocycles. The zero-order chi connectivity index (χ0) is 18.2. The zero-order valence-electron chi connectivity index (χ0n) is 11.8. The fourth-order valence-electron chi connectivity index (χ4n) is 1.81. The molecule has 130 valence electrons. The van der Waals surface area contributed by atoms with Gasteiger partial charge in [0.2, 0.25) is 5.82 Å². The van der Waals surface area contributed by atoms with Crippen LogP contribution >= 0.6 is 0 Å². The van der Waals surface area contributed by atoms with Gasteiger partial charge in [0.15, 0.2) is 28.9 Å². The third kappa shape index (κ3) is 3.57. The second-order valence-electron chi connectivity index (χ2n) is 4.82. The van der Waals surface area contributed by atoms with Crippen LogP contribution in [0.4, 0.5) is 30.7 Å². The number of aliphatic hydroxyl groups is 1. The maximum absolute atomic E-state index is 14.0. The van der Waals surface area contributed by atoms with Crippen molar-refractivity contribution < 1.29 is 45.4 Å². The summed E-state index contributed by atoms with van der Waals surface area (Å²) in [5.74, 6) is -19.5. The van der Waals surface area contributed by atoms with E-state index in [1.54, 1.807) is 0 Å². The molecular weight excluding hydrogens is 337 g/mol. The summed E-state index contributed by atoms with van der Waals surface area (Å²) in [5, 5.41) is 9.62. The van der Waals surface area contributed by atoms with Crippen molar-refractivity contribution in [2.75, 3.05) is 6.61 Å². The molecule has 1 aromatic rings. The van der Waals surface area contributed by atoms with Crippen LogP contribution in [0.1, 0.15) is 25.8 Å². The zero-order valence-corrected chi connectivity index (χ0v) is 11.8. The number of esters is 1. The highest BCUT2D eigenvalue weighted by molar-refractivity contribution is 5.78. The van der Waals surface area contributed by atoms with E-state index in [9.17, 15) is 40.6 Å². The van der Waals surface area contributed by atoms with Crippen molar-refractivity contribution in [3.8, 4) is 0 Å². The number of carbonyl (C=O) groups is 1. The minimum absolute atomic E-state index is 0.289. The van der Waals surface area contributed by atoms with Gasteiger partial charge in [0, 0.05) is 0 Å². The number of benzene rings is 1. The lowest BCUT2D eigenvalue weighted by atomic mass is 9.92. The van der Waals surface area contributed by atoms with Crippen molar-refractivity contribution in [2.45, 2.75) is 31.8 Å². The summed E-state index contributed by atoms with van der Waals surface area (Å²) in [6, 6.07) is 0. The Morgan fingerprint density at radius 3 is 1.78 bits per heavy atom. The van der Waals surface area contributed by atoms with Crippen molar-refractivity contribution in [3.05, 3.63) is 34.6 Å². The monoisotopic (exact) mass is 348 g/mol. The van der Waals surface area contributed by atoms with Crippen LogP contribution in [0.2, 0.25) is 0 Å². The average Bonchev–Trinajstić information content (AvgIpc) is 2.42. The predicted octanol–water partition coefficient (Wildman–Crippen LogP) is 3.18. The Balaban J connectivity index is 3.37. The molecule has 1 aromatic carbocycles. The van der Waals surface area contributed by atoms with Crippen LogP contribution in [0.3, 0.4) is 0 Å². The van der Waals surface area contributed by atoms with Crippen LogP contribution in [0.5, 0.6) is 0 Å². The minimum atomic E-state index is -4.74. The molecule has 0 saturated carbocycles. The summed E-state index contributed by atoms with van der Waals surface area (Å²) in [7, 11) is 0. The molecule has 0 bridgehead atoms. The van der Waals surface area contributed by atoms with Crippen LogP contribution in [0, 0.1) is 29.1 Å². The number of halogens is 7. The lowest BCUT2D eigenvalue weighted by molar-refractivity contribution is -0.173. The Morgan fingerprint density at radius 2 is 1.39 bits per heavy atom. The number of ether oxygens (including phenoxy) is 1. The first-order valence-electron chi connectivity index (χ1n) is 6.16. The van der Waals surface area contributed by atoms with Crippen LogP contribution in [0.15, 0.2) is 0 Å². The number of alkyl halides is 2. The Bertz CT molecular complexity index is 599. The standard InChI is InChI=1S/C13H11F7O3/c1-3-23-11(21)12(2,22)4-13(19,20)5-6(14)8(16)10(18)9(17)7(5)15/h22H,3-4H2,1-2H3. The van der Waals surface area contributed by atoms with Crippen molar-refractivity contribution in [3.63, 3.8) is 0 Å². The van der Waals surface area contributed by atoms with Crippen molar-refractivity contribution in [1.29, 1.82) is 0 Å². The van der Waals surface area contributed by atoms with Crippen LogP contribution in [-0.4, -0.2) is 23.3 Å². The predicted molar refractivity (Wildman–Crippen MR) is 62.0 cm³/mol. The van der Waals surface area contributed by atoms with E-state index in [4.69, 9.17) is 0 Å². The molecule has 0 aromatic heterocycles. The fraction of sp³-hybridized carbons (Fsp3) is 0.462. The molecule has 0 aliphatic heterocycles. The molecule has 10 heteroatoms. The second kappa shape index (κ2) is 6.34.